The van der Waals surface area contributed by atoms with E-state index in [9.17, 15) is 13.5 Å². The lowest BCUT2D eigenvalue weighted by Crippen LogP contribution is -2.26. The van der Waals surface area contributed by atoms with Gasteiger partial charge in [-0.2, -0.15) is 0 Å². The number of hydrogen-bond acceptors (Lipinski definition) is 3. The first kappa shape index (κ1) is 15.7. The Hall–Kier alpha value is -1.65. The Morgan fingerprint density at radius 3 is 2.00 bits per heavy atom. The monoisotopic (exact) mass is 304 g/mol. The fraction of sp³-hybridized carbons (Fsp3) is 0.294. The quantitative estimate of drug-likeness (QED) is 0.923. The summed E-state index contributed by atoms with van der Waals surface area (Å²) in [5.41, 5.74) is 2.75. The average Bonchev–Trinajstić information content (AvgIpc) is 2.54. The Morgan fingerprint density at radius 1 is 0.952 bits per heavy atom. The van der Waals surface area contributed by atoms with Gasteiger partial charge in [0.15, 0.2) is 9.84 Å². The van der Waals surface area contributed by atoms with E-state index in [0.717, 1.165) is 11.1 Å². The third kappa shape index (κ3) is 3.52. The maximum Gasteiger partial charge on any atom is 0.155 e. The molecule has 21 heavy (non-hydrogen) atoms. The number of hydrogen-bond donors (Lipinski definition) is 1. The third-order valence-corrected chi connectivity index (χ3v) is 5.97. The van der Waals surface area contributed by atoms with E-state index < -0.39 is 21.2 Å². The lowest BCUT2D eigenvalue weighted by atomic mass is 10.0. The first-order chi connectivity index (χ1) is 9.95. The van der Waals surface area contributed by atoms with E-state index in [-0.39, 0.29) is 5.75 Å². The van der Waals surface area contributed by atoms with Crippen LogP contribution in [0.15, 0.2) is 54.6 Å². The van der Waals surface area contributed by atoms with Crippen LogP contribution in [0.5, 0.6) is 0 Å². The summed E-state index contributed by atoms with van der Waals surface area (Å²) in [6.45, 7) is 3.14. The summed E-state index contributed by atoms with van der Waals surface area (Å²) in [5, 5.41) is 9.44. The van der Waals surface area contributed by atoms with Crippen molar-refractivity contribution in [2.75, 3.05) is 5.75 Å². The van der Waals surface area contributed by atoms with Gasteiger partial charge in [0.25, 0.3) is 0 Å². The second kappa shape index (κ2) is 6.41. The molecule has 2 aromatic rings. The van der Waals surface area contributed by atoms with Crippen LogP contribution in [0, 0.1) is 0 Å². The van der Waals surface area contributed by atoms with Crippen LogP contribution in [0.3, 0.4) is 0 Å². The maximum atomic E-state index is 11.8. The van der Waals surface area contributed by atoms with Gasteiger partial charge in [-0.1, -0.05) is 61.5 Å². The SMILES string of the molecule is CCS(=O)(=O)[C@H](C)[C@H](O)c1ccc(-c2ccccc2)cc1. The number of benzene rings is 2. The standard InChI is InChI=1S/C17H20O3S/c1-3-21(19,20)13(2)17(18)16-11-9-15(10-12-16)14-7-5-4-6-8-14/h4-13,17-18H,3H2,1-2H3/t13-,17+/m1/s1. The molecule has 1 N–H and O–H groups in total. The highest BCUT2D eigenvalue weighted by Gasteiger charge is 2.27. The zero-order chi connectivity index (χ0) is 15.5. The molecular weight excluding hydrogens is 284 g/mol. The highest BCUT2D eigenvalue weighted by atomic mass is 32.2. The maximum absolute atomic E-state index is 11.8. The third-order valence-electron chi connectivity index (χ3n) is 3.77. The molecule has 2 aromatic carbocycles. The molecule has 0 aliphatic carbocycles. The van der Waals surface area contributed by atoms with Crippen LogP contribution >= 0.6 is 0 Å². The van der Waals surface area contributed by atoms with Crippen molar-refractivity contribution in [1.29, 1.82) is 0 Å². The van der Waals surface area contributed by atoms with Crippen molar-refractivity contribution in [1.82, 2.24) is 0 Å². The zero-order valence-corrected chi connectivity index (χ0v) is 13.0. The second-order valence-electron chi connectivity index (χ2n) is 5.09. The van der Waals surface area contributed by atoms with Gasteiger partial charge in [0.1, 0.15) is 0 Å². The van der Waals surface area contributed by atoms with Crippen LogP contribution < -0.4 is 0 Å². The number of aliphatic hydroxyl groups excluding tert-OH is 1. The van der Waals surface area contributed by atoms with E-state index in [1.165, 1.54) is 0 Å². The summed E-state index contributed by atoms with van der Waals surface area (Å²) in [6.07, 6.45) is -1.00. The van der Waals surface area contributed by atoms with Crippen LogP contribution in [-0.4, -0.2) is 24.5 Å². The Morgan fingerprint density at radius 2 is 1.48 bits per heavy atom. The minimum Gasteiger partial charge on any atom is -0.387 e. The number of aliphatic hydroxyl groups is 1. The molecule has 0 unspecified atom stereocenters. The van der Waals surface area contributed by atoms with Gasteiger partial charge in [-0.05, 0) is 23.6 Å². The molecule has 0 spiro atoms. The normalized spacial score (nSPS) is 14.6. The lowest BCUT2D eigenvalue weighted by Gasteiger charge is -2.19. The highest BCUT2D eigenvalue weighted by molar-refractivity contribution is 7.92. The molecule has 0 heterocycles. The van der Waals surface area contributed by atoms with Crippen molar-refractivity contribution in [2.24, 2.45) is 0 Å². The van der Waals surface area contributed by atoms with Crippen LogP contribution in [0.4, 0.5) is 0 Å². The zero-order valence-electron chi connectivity index (χ0n) is 12.2. The highest BCUT2D eigenvalue weighted by Crippen LogP contribution is 2.25. The summed E-state index contributed by atoms with van der Waals surface area (Å²) in [5.74, 6) is 0.0350. The van der Waals surface area contributed by atoms with Crippen molar-refractivity contribution in [3.63, 3.8) is 0 Å². The molecule has 0 aliphatic heterocycles. The van der Waals surface area contributed by atoms with E-state index in [2.05, 4.69) is 0 Å². The fourth-order valence-electron chi connectivity index (χ4n) is 2.23. The summed E-state index contributed by atoms with van der Waals surface area (Å²) < 4.78 is 23.7. The average molecular weight is 304 g/mol. The first-order valence-electron chi connectivity index (χ1n) is 7.00. The molecule has 0 fully saturated rings. The molecule has 2 rings (SSSR count). The fourth-order valence-corrected chi connectivity index (χ4v) is 3.31. The molecular formula is C17H20O3S. The van der Waals surface area contributed by atoms with E-state index in [1.54, 1.807) is 26.0 Å². The van der Waals surface area contributed by atoms with Crippen molar-refractivity contribution in [3.05, 3.63) is 60.2 Å². The van der Waals surface area contributed by atoms with Gasteiger partial charge in [-0.15, -0.1) is 0 Å². The van der Waals surface area contributed by atoms with E-state index >= 15 is 0 Å². The van der Waals surface area contributed by atoms with Crippen molar-refractivity contribution >= 4 is 9.84 Å². The Labute approximate surface area is 126 Å². The van der Waals surface area contributed by atoms with Gasteiger partial charge in [-0.3, -0.25) is 0 Å². The van der Waals surface area contributed by atoms with Crippen LogP contribution in [-0.2, 0) is 9.84 Å². The van der Waals surface area contributed by atoms with Gasteiger partial charge in [-0.25, -0.2) is 8.42 Å². The summed E-state index contributed by atoms with van der Waals surface area (Å²) >= 11 is 0. The predicted octanol–water partition coefficient (Wildman–Crippen LogP) is 3.21. The van der Waals surface area contributed by atoms with Gasteiger partial charge in [0, 0.05) is 5.75 Å². The summed E-state index contributed by atoms with van der Waals surface area (Å²) in [7, 11) is -3.26. The van der Waals surface area contributed by atoms with Crippen LogP contribution in [0.1, 0.15) is 25.5 Å². The molecule has 0 saturated heterocycles. The summed E-state index contributed by atoms with van der Waals surface area (Å²) in [6, 6.07) is 17.3. The van der Waals surface area contributed by atoms with Crippen molar-refractivity contribution in [3.8, 4) is 11.1 Å². The Bertz CT molecular complexity index is 676. The number of sulfone groups is 1. The molecule has 2 atom stereocenters. The van der Waals surface area contributed by atoms with Gasteiger partial charge >= 0.3 is 0 Å². The second-order valence-corrected chi connectivity index (χ2v) is 7.74. The van der Waals surface area contributed by atoms with Crippen molar-refractivity contribution in [2.45, 2.75) is 25.2 Å². The molecule has 0 saturated carbocycles. The molecule has 4 heteroatoms. The van der Waals surface area contributed by atoms with Crippen LogP contribution in [0.25, 0.3) is 11.1 Å². The molecule has 112 valence electrons. The van der Waals surface area contributed by atoms with Crippen LogP contribution in [0.2, 0.25) is 0 Å². The Balaban J connectivity index is 2.23. The summed E-state index contributed by atoms with van der Waals surface area (Å²) in [4.78, 5) is 0. The molecule has 0 aliphatic rings. The topological polar surface area (TPSA) is 54.4 Å². The molecule has 0 aromatic heterocycles. The van der Waals surface area contributed by atoms with Gasteiger partial charge in [0.05, 0.1) is 11.4 Å². The molecule has 3 nitrogen and oxygen atoms in total. The molecule has 0 radical (unpaired) electrons. The smallest absolute Gasteiger partial charge is 0.155 e. The van der Waals surface area contributed by atoms with E-state index in [1.807, 2.05) is 42.5 Å². The van der Waals surface area contributed by atoms with Gasteiger partial charge < -0.3 is 5.11 Å². The predicted molar refractivity (Wildman–Crippen MR) is 85.8 cm³/mol. The number of rotatable bonds is 5. The van der Waals surface area contributed by atoms with Gasteiger partial charge in [0.2, 0.25) is 0 Å². The largest absolute Gasteiger partial charge is 0.387 e. The van der Waals surface area contributed by atoms with E-state index in [0.29, 0.717) is 5.56 Å². The first-order valence-corrected chi connectivity index (χ1v) is 8.72. The van der Waals surface area contributed by atoms with Crippen molar-refractivity contribution < 1.29 is 13.5 Å². The minimum atomic E-state index is -3.26. The van der Waals surface area contributed by atoms with E-state index in [4.69, 9.17) is 0 Å². The molecule has 0 bridgehead atoms. The molecule has 0 amide bonds. The minimum absolute atomic E-state index is 0.0350. The Kier molecular flexibility index (Phi) is 4.80. The lowest BCUT2D eigenvalue weighted by molar-refractivity contribution is 0.176.